The van der Waals surface area contributed by atoms with E-state index in [0.29, 0.717) is 11.6 Å². The number of aromatic nitrogens is 3. The third-order valence-electron chi connectivity index (χ3n) is 2.75. The molecule has 0 radical (unpaired) electrons. The molecule has 3 aromatic rings. The van der Waals surface area contributed by atoms with Crippen LogP contribution in [0.15, 0.2) is 48.8 Å². The highest BCUT2D eigenvalue weighted by Crippen LogP contribution is 2.28. The number of nitrogens with one attached hydrogen (secondary N) is 1. The van der Waals surface area contributed by atoms with Crippen LogP contribution >= 0.6 is 0 Å². The molecule has 0 aliphatic heterocycles. The largest absolute Gasteiger partial charge is 0.309 e. The van der Waals surface area contributed by atoms with E-state index in [1.54, 1.807) is 6.20 Å². The third kappa shape index (κ3) is 2.06. The summed E-state index contributed by atoms with van der Waals surface area (Å²) in [5.74, 6) is 0.933. The molecule has 0 atom stereocenters. The summed E-state index contributed by atoms with van der Waals surface area (Å²) in [5, 5.41) is 2.75. The number of carbonyl (C=O) groups excluding carboxylic acids is 1. The van der Waals surface area contributed by atoms with Crippen LogP contribution in [-0.2, 0) is 4.79 Å². The van der Waals surface area contributed by atoms with E-state index >= 15 is 0 Å². The van der Waals surface area contributed by atoms with Crippen molar-refractivity contribution in [2.24, 2.45) is 0 Å². The summed E-state index contributed by atoms with van der Waals surface area (Å²) in [6.07, 6.45) is 3.55. The predicted octanol–water partition coefficient (Wildman–Crippen LogP) is 2.35. The Morgan fingerprint density at radius 2 is 2.00 bits per heavy atom. The Hall–Kier alpha value is -2.69. The lowest BCUT2D eigenvalue weighted by atomic mass is 10.1. The van der Waals surface area contributed by atoms with Crippen LogP contribution in [0.3, 0.4) is 0 Å². The van der Waals surface area contributed by atoms with E-state index in [4.69, 9.17) is 0 Å². The fourth-order valence-electron chi connectivity index (χ4n) is 2.01. The van der Waals surface area contributed by atoms with Gasteiger partial charge in [0.05, 0.1) is 5.69 Å². The standard InChI is InChI=1S/C14H12N4O/c1-10(19)16-13-12(11-6-3-2-4-7-11)18-9-5-8-15-14(18)17-13/h2-9H,1H3,(H,16,19). The number of carbonyl (C=O) groups is 1. The van der Waals surface area contributed by atoms with Crippen LogP contribution in [-0.4, -0.2) is 20.3 Å². The SMILES string of the molecule is CC(=O)Nc1nc2ncccn2c1-c1ccccc1. The molecule has 2 heterocycles. The molecule has 1 aromatic carbocycles. The highest BCUT2D eigenvalue weighted by atomic mass is 16.1. The average Bonchev–Trinajstić information content (AvgIpc) is 2.76. The minimum atomic E-state index is -0.152. The summed E-state index contributed by atoms with van der Waals surface area (Å²) < 4.78 is 1.86. The number of benzene rings is 1. The van der Waals surface area contributed by atoms with Crippen molar-refractivity contribution in [2.45, 2.75) is 6.92 Å². The van der Waals surface area contributed by atoms with Gasteiger partial charge in [0.1, 0.15) is 0 Å². The summed E-state index contributed by atoms with van der Waals surface area (Å²) in [7, 11) is 0. The number of rotatable bonds is 2. The van der Waals surface area contributed by atoms with E-state index in [1.165, 1.54) is 6.92 Å². The van der Waals surface area contributed by atoms with Crippen LogP contribution in [0.1, 0.15) is 6.92 Å². The van der Waals surface area contributed by atoms with E-state index < -0.39 is 0 Å². The van der Waals surface area contributed by atoms with Gasteiger partial charge in [-0.25, -0.2) is 4.98 Å². The van der Waals surface area contributed by atoms with Gasteiger partial charge in [-0.05, 0) is 6.07 Å². The van der Waals surface area contributed by atoms with E-state index in [2.05, 4.69) is 15.3 Å². The van der Waals surface area contributed by atoms with Crippen LogP contribution in [0.25, 0.3) is 17.0 Å². The van der Waals surface area contributed by atoms with Crippen molar-refractivity contribution in [1.82, 2.24) is 14.4 Å². The first-order valence-electron chi connectivity index (χ1n) is 5.92. The van der Waals surface area contributed by atoms with Crippen molar-refractivity contribution in [3.05, 3.63) is 48.8 Å². The number of hydrogen-bond donors (Lipinski definition) is 1. The van der Waals surface area contributed by atoms with Gasteiger partial charge in [-0.1, -0.05) is 30.3 Å². The van der Waals surface area contributed by atoms with Crippen LogP contribution in [0.5, 0.6) is 0 Å². The maximum atomic E-state index is 11.3. The van der Waals surface area contributed by atoms with Crippen LogP contribution < -0.4 is 5.32 Å². The Morgan fingerprint density at radius 1 is 1.21 bits per heavy atom. The number of hydrogen-bond acceptors (Lipinski definition) is 3. The van der Waals surface area contributed by atoms with Gasteiger partial charge in [0, 0.05) is 24.9 Å². The minimum absolute atomic E-state index is 0.152. The Morgan fingerprint density at radius 3 is 2.74 bits per heavy atom. The van der Waals surface area contributed by atoms with Crippen LogP contribution in [0, 0.1) is 0 Å². The smallest absolute Gasteiger partial charge is 0.236 e. The van der Waals surface area contributed by atoms with E-state index in [-0.39, 0.29) is 5.91 Å². The van der Waals surface area contributed by atoms with Gasteiger partial charge in [-0.3, -0.25) is 9.20 Å². The van der Waals surface area contributed by atoms with Gasteiger partial charge in [-0.2, -0.15) is 4.98 Å². The molecular formula is C14H12N4O. The molecule has 0 unspecified atom stereocenters. The number of fused-ring (bicyclic) bond motifs is 1. The normalized spacial score (nSPS) is 10.6. The summed E-state index contributed by atoms with van der Waals surface area (Å²) >= 11 is 0. The minimum Gasteiger partial charge on any atom is -0.309 e. The molecular weight excluding hydrogens is 240 g/mol. The highest BCUT2D eigenvalue weighted by molar-refractivity contribution is 5.92. The first-order valence-corrected chi connectivity index (χ1v) is 5.92. The predicted molar refractivity (Wildman–Crippen MR) is 72.7 cm³/mol. The van der Waals surface area contributed by atoms with Crippen LogP contribution in [0.4, 0.5) is 5.82 Å². The highest BCUT2D eigenvalue weighted by Gasteiger charge is 2.15. The second-order valence-electron chi connectivity index (χ2n) is 4.15. The molecule has 1 amide bonds. The zero-order valence-electron chi connectivity index (χ0n) is 10.4. The number of anilines is 1. The summed E-state index contributed by atoms with van der Waals surface area (Å²) in [6, 6.07) is 11.6. The van der Waals surface area contributed by atoms with Crippen molar-refractivity contribution < 1.29 is 4.79 Å². The molecule has 0 spiro atoms. The molecule has 2 aromatic heterocycles. The van der Waals surface area contributed by atoms with Gasteiger partial charge >= 0.3 is 0 Å². The lowest BCUT2D eigenvalue weighted by Gasteiger charge is -2.04. The molecule has 3 rings (SSSR count). The van der Waals surface area contributed by atoms with Gasteiger partial charge in [0.2, 0.25) is 11.7 Å². The molecule has 1 N–H and O–H groups in total. The van der Waals surface area contributed by atoms with Crippen LogP contribution in [0.2, 0.25) is 0 Å². The van der Waals surface area contributed by atoms with Gasteiger partial charge in [0.15, 0.2) is 5.82 Å². The number of amides is 1. The second-order valence-corrected chi connectivity index (χ2v) is 4.15. The van der Waals surface area contributed by atoms with Crippen molar-refractivity contribution in [3.8, 4) is 11.3 Å². The molecule has 0 saturated carbocycles. The molecule has 0 saturated heterocycles. The molecule has 0 aliphatic carbocycles. The molecule has 0 fully saturated rings. The lowest BCUT2D eigenvalue weighted by Crippen LogP contribution is -2.07. The van der Waals surface area contributed by atoms with Gasteiger partial charge < -0.3 is 5.32 Å². The summed E-state index contributed by atoms with van der Waals surface area (Å²) in [4.78, 5) is 19.8. The zero-order valence-corrected chi connectivity index (χ0v) is 10.4. The van der Waals surface area contributed by atoms with Gasteiger partial charge in [-0.15, -0.1) is 0 Å². The van der Waals surface area contributed by atoms with Crippen molar-refractivity contribution >= 4 is 17.5 Å². The van der Waals surface area contributed by atoms with Gasteiger partial charge in [0.25, 0.3) is 0 Å². The number of imidazole rings is 1. The molecule has 5 heteroatoms. The Kier molecular flexibility index (Phi) is 2.72. The first kappa shape index (κ1) is 11.4. The maximum Gasteiger partial charge on any atom is 0.236 e. The monoisotopic (exact) mass is 252 g/mol. The Bertz CT molecular complexity index is 734. The lowest BCUT2D eigenvalue weighted by molar-refractivity contribution is -0.114. The van der Waals surface area contributed by atoms with E-state index in [0.717, 1.165) is 11.3 Å². The van der Waals surface area contributed by atoms with Crippen molar-refractivity contribution in [1.29, 1.82) is 0 Å². The number of nitrogens with zero attached hydrogens (tertiary/aromatic N) is 3. The zero-order chi connectivity index (χ0) is 13.2. The average molecular weight is 252 g/mol. The topological polar surface area (TPSA) is 59.3 Å². The third-order valence-corrected chi connectivity index (χ3v) is 2.75. The molecule has 0 bridgehead atoms. The fourth-order valence-corrected chi connectivity index (χ4v) is 2.01. The molecule has 19 heavy (non-hydrogen) atoms. The van der Waals surface area contributed by atoms with Crippen molar-refractivity contribution in [2.75, 3.05) is 5.32 Å². The van der Waals surface area contributed by atoms with Crippen molar-refractivity contribution in [3.63, 3.8) is 0 Å². The fraction of sp³-hybridized carbons (Fsp3) is 0.0714. The maximum absolute atomic E-state index is 11.3. The quantitative estimate of drug-likeness (QED) is 0.761. The molecule has 5 nitrogen and oxygen atoms in total. The molecule has 0 aliphatic rings. The summed E-state index contributed by atoms with van der Waals surface area (Å²) in [6.45, 7) is 1.46. The molecule has 94 valence electrons. The first-order chi connectivity index (χ1) is 9.25. The summed E-state index contributed by atoms with van der Waals surface area (Å²) in [5.41, 5.74) is 1.81. The Labute approximate surface area is 109 Å². The Balaban J connectivity index is 2.27. The van der Waals surface area contributed by atoms with E-state index in [9.17, 15) is 4.79 Å². The van der Waals surface area contributed by atoms with E-state index in [1.807, 2.05) is 47.0 Å². The second kappa shape index (κ2) is 4.53.